The maximum Gasteiger partial charge on any atom is 0.275 e. The van der Waals surface area contributed by atoms with E-state index in [0.717, 1.165) is 39.2 Å². The molecular formula is C28H29ClN2O. The lowest BCUT2D eigenvalue weighted by Crippen LogP contribution is -2.32. The highest BCUT2D eigenvalue weighted by molar-refractivity contribution is 6.31. The molecule has 3 nitrogen and oxygen atoms in total. The molecular weight excluding hydrogens is 416 g/mol. The molecule has 1 aliphatic rings. The van der Waals surface area contributed by atoms with E-state index in [1.165, 1.54) is 11.1 Å². The fraction of sp³-hybridized carbons (Fsp3) is 0.250. The van der Waals surface area contributed by atoms with Crippen molar-refractivity contribution in [1.29, 1.82) is 0 Å². The monoisotopic (exact) mass is 444 g/mol. The summed E-state index contributed by atoms with van der Waals surface area (Å²) in [5.41, 5.74) is 10.2. The molecule has 3 aromatic rings. The van der Waals surface area contributed by atoms with Crippen LogP contribution in [0.1, 0.15) is 45.0 Å². The lowest BCUT2D eigenvalue weighted by atomic mass is 10.0. The van der Waals surface area contributed by atoms with Gasteiger partial charge in [-0.05, 0) is 81.5 Å². The molecule has 32 heavy (non-hydrogen) atoms. The molecule has 1 N–H and O–H groups in total. The van der Waals surface area contributed by atoms with Crippen LogP contribution in [0.4, 0.5) is 11.4 Å². The maximum absolute atomic E-state index is 13.8. The van der Waals surface area contributed by atoms with E-state index in [4.69, 9.17) is 11.6 Å². The molecule has 1 amide bonds. The van der Waals surface area contributed by atoms with E-state index in [1.807, 2.05) is 35.2 Å². The van der Waals surface area contributed by atoms with E-state index in [0.29, 0.717) is 10.7 Å². The van der Waals surface area contributed by atoms with E-state index < -0.39 is 0 Å². The highest BCUT2D eigenvalue weighted by Gasteiger charge is 2.37. The second-order valence-electron chi connectivity index (χ2n) is 8.87. The smallest absolute Gasteiger partial charge is 0.275 e. The summed E-state index contributed by atoms with van der Waals surface area (Å²) in [6.45, 7) is 12.4. The molecule has 0 radical (unpaired) electrons. The van der Waals surface area contributed by atoms with Crippen molar-refractivity contribution in [3.63, 3.8) is 0 Å². The highest BCUT2D eigenvalue weighted by Crippen LogP contribution is 2.42. The first kappa shape index (κ1) is 22.2. The predicted octanol–water partition coefficient (Wildman–Crippen LogP) is 7.27. The van der Waals surface area contributed by atoms with Gasteiger partial charge in [0.1, 0.15) is 5.70 Å². The van der Waals surface area contributed by atoms with Crippen LogP contribution in [0.3, 0.4) is 0 Å². The SMILES string of the molecule is Cc1cc(C)c(NC2=CC(c3ccccc3Cl)N(c3c(C)cc(C)cc3C)C2=O)c(C)c1. The summed E-state index contributed by atoms with van der Waals surface area (Å²) in [5, 5.41) is 4.10. The first-order valence-electron chi connectivity index (χ1n) is 10.9. The van der Waals surface area contributed by atoms with Gasteiger partial charge in [0, 0.05) is 10.7 Å². The molecule has 0 aliphatic carbocycles. The zero-order chi connectivity index (χ0) is 23.2. The zero-order valence-corrected chi connectivity index (χ0v) is 20.3. The number of aryl methyl sites for hydroxylation is 6. The largest absolute Gasteiger partial charge is 0.351 e. The van der Waals surface area contributed by atoms with Crippen LogP contribution in [0.5, 0.6) is 0 Å². The minimum Gasteiger partial charge on any atom is -0.351 e. The summed E-state index contributed by atoms with van der Waals surface area (Å²) in [4.78, 5) is 15.7. The average molecular weight is 445 g/mol. The Morgan fingerprint density at radius 3 is 1.91 bits per heavy atom. The number of hydrogen-bond donors (Lipinski definition) is 1. The Kier molecular flexibility index (Phi) is 5.87. The normalized spacial score (nSPS) is 15.8. The first-order chi connectivity index (χ1) is 15.2. The van der Waals surface area contributed by atoms with E-state index in [-0.39, 0.29) is 11.9 Å². The highest BCUT2D eigenvalue weighted by atomic mass is 35.5. The maximum atomic E-state index is 13.8. The number of hydrogen-bond acceptors (Lipinski definition) is 2. The number of nitrogens with one attached hydrogen (secondary N) is 1. The Bertz CT molecular complexity index is 1210. The summed E-state index contributed by atoms with van der Waals surface area (Å²) in [5.74, 6) is -0.0515. The Morgan fingerprint density at radius 2 is 1.34 bits per heavy atom. The number of rotatable bonds is 4. The molecule has 164 valence electrons. The van der Waals surface area contributed by atoms with Gasteiger partial charge in [-0.2, -0.15) is 0 Å². The van der Waals surface area contributed by atoms with Crippen molar-refractivity contribution in [3.8, 4) is 0 Å². The van der Waals surface area contributed by atoms with Crippen molar-refractivity contribution in [2.45, 2.75) is 47.6 Å². The van der Waals surface area contributed by atoms with E-state index in [1.54, 1.807) is 0 Å². The predicted molar refractivity (Wildman–Crippen MR) is 135 cm³/mol. The van der Waals surface area contributed by atoms with E-state index >= 15 is 0 Å². The van der Waals surface area contributed by atoms with Crippen molar-refractivity contribution in [1.82, 2.24) is 0 Å². The lowest BCUT2D eigenvalue weighted by Gasteiger charge is -2.29. The van der Waals surface area contributed by atoms with Crippen LogP contribution >= 0.6 is 11.6 Å². The van der Waals surface area contributed by atoms with Gasteiger partial charge in [0.25, 0.3) is 5.91 Å². The number of carbonyl (C=O) groups excluding carboxylic acids is 1. The van der Waals surface area contributed by atoms with Gasteiger partial charge in [-0.15, -0.1) is 0 Å². The standard InChI is InChI=1S/C28H29ClN2O/c1-16-11-18(3)26(19(4)12-16)30-24-15-25(22-9-7-8-10-23(22)29)31(28(24)32)27-20(5)13-17(2)14-21(27)6/h7-15,25,30H,1-6H3. The second kappa shape index (κ2) is 8.48. The van der Waals surface area contributed by atoms with Gasteiger partial charge in [-0.3, -0.25) is 9.69 Å². The van der Waals surface area contributed by atoms with Crippen molar-refractivity contribution >= 4 is 28.9 Å². The summed E-state index contributed by atoms with van der Waals surface area (Å²) in [6.07, 6.45) is 2.00. The molecule has 1 aliphatic heterocycles. The summed E-state index contributed by atoms with van der Waals surface area (Å²) < 4.78 is 0. The molecule has 1 unspecified atom stereocenters. The third-order valence-electron chi connectivity index (χ3n) is 6.09. The molecule has 0 aromatic heterocycles. The van der Waals surface area contributed by atoms with Gasteiger partial charge in [-0.25, -0.2) is 0 Å². The summed E-state index contributed by atoms with van der Waals surface area (Å²) in [6, 6.07) is 16.0. The average Bonchev–Trinajstić information content (AvgIpc) is 3.00. The number of anilines is 2. The summed E-state index contributed by atoms with van der Waals surface area (Å²) >= 11 is 6.60. The Morgan fingerprint density at radius 1 is 0.812 bits per heavy atom. The molecule has 0 bridgehead atoms. The molecule has 0 fully saturated rings. The van der Waals surface area contributed by atoms with Gasteiger partial charge in [0.2, 0.25) is 0 Å². The van der Waals surface area contributed by atoms with E-state index in [9.17, 15) is 4.79 Å². The quantitative estimate of drug-likeness (QED) is 0.458. The van der Waals surface area contributed by atoms with Crippen LogP contribution in [0.2, 0.25) is 5.02 Å². The van der Waals surface area contributed by atoms with E-state index in [2.05, 4.69) is 71.1 Å². The molecule has 3 aromatic carbocycles. The van der Waals surface area contributed by atoms with Crippen molar-refractivity contribution in [3.05, 3.63) is 104 Å². The minimum absolute atomic E-state index is 0.0515. The van der Waals surface area contributed by atoms with Crippen molar-refractivity contribution in [2.24, 2.45) is 0 Å². The Hall–Kier alpha value is -3.04. The zero-order valence-electron chi connectivity index (χ0n) is 19.5. The third-order valence-corrected chi connectivity index (χ3v) is 6.43. The molecule has 0 saturated carbocycles. The van der Waals surface area contributed by atoms with Crippen molar-refractivity contribution < 1.29 is 4.79 Å². The Balaban J connectivity index is 1.85. The second-order valence-corrected chi connectivity index (χ2v) is 9.28. The first-order valence-corrected chi connectivity index (χ1v) is 11.3. The van der Waals surface area contributed by atoms with Crippen LogP contribution in [0, 0.1) is 41.5 Å². The summed E-state index contributed by atoms with van der Waals surface area (Å²) in [7, 11) is 0. The molecule has 1 heterocycles. The molecule has 0 saturated heterocycles. The fourth-order valence-electron chi connectivity index (χ4n) is 4.90. The number of halogens is 1. The Labute approximate surface area is 195 Å². The molecule has 1 atom stereocenters. The molecule has 0 spiro atoms. The minimum atomic E-state index is -0.287. The topological polar surface area (TPSA) is 32.3 Å². The van der Waals surface area contributed by atoms with Crippen LogP contribution < -0.4 is 10.2 Å². The number of carbonyl (C=O) groups is 1. The van der Waals surface area contributed by atoms with Crippen LogP contribution in [-0.4, -0.2) is 5.91 Å². The van der Waals surface area contributed by atoms with Gasteiger partial charge in [0.15, 0.2) is 0 Å². The van der Waals surface area contributed by atoms with Gasteiger partial charge >= 0.3 is 0 Å². The van der Waals surface area contributed by atoms with Crippen LogP contribution in [0.25, 0.3) is 0 Å². The van der Waals surface area contributed by atoms with Crippen LogP contribution in [-0.2, 0) is 4.79 Å². The van der Waals surface area contributed by atoms with Crippen LogP contribution in [0.15, 0.2) is 60.3 Å². The van der Waals surface area contributed by atoms with Crippen molar-refractivity contribution in [2.75, 3.05) is 10.2 Å². The molecule has 4 heteroatoms. The third kappa shape index (κ3) is 3.93. The fourth-order valence-corrected chi connectivity index (χ4v) is 5.15. The van der Waals surface area contributed by atoms with Gasteiger partial charge < -0.3 is 5.32 Å². The number of nitrogens with zero attached hydrogens (tertiary/aromatic N) is 1. The molecule has 4 rings (SSSR count). The lowest BCUT2D eigenvalue weighted by molar-refractivity contribution is -0.114. The number of benzene rings is 3. The number of amides is 1. The van der Waals surface area contributed by atoms with Gasteiger partial charge in [0.05, 0.1) is 11.7 Å². The van der Waals surface area contributed by atoms with Gasteiger partial charge in [-0.1, -0.05) is 65.2 Å².